The van der Waals surface area contributed by atoms with Gasteiger partial charge in [0.2, 0.25) is 5.13 Å². The number of alkyl halides is 3. The third kappa shape index (κ3) is 5.10. The van der Waals surface area contributed by atoms with E-state index in [0.29, 0.717) is 5.13 Å². The first-order chi connectivity index (χ1) is 11.4. The van der Waals surface area contributed by atoms with Gasteiger partial charge in [-0.3, -0.25) is 4.90 Å². The van der Waals surface area contributed by atoms with Gasteiger partial charge in [-0.2, -0.15) is 9.36 Å². The van der Waals surface area contributed by atoms with E-state index in [4.69, 9.17) is 39.5 Å². The number of aromatic nitrogens is 2. The quantitative estimate of drug-likeness (QED) is 0.655. The molecule has 5 nitrogen and oxygen atoms in total. The number of rotatable bonds is 7. The second-order valence-electron chi connectivity index (χ2n) is 5.03. The SMILES string of the molecule is CCN(CC)Cc1cc(Nc2nc(C(Cl)(Cl)Cl)ns2)ccc1OC. The normalized spacial score (nSPS) is 11.8. The van der Waals surface area contributed by atoms with Crippen LogP contribution in [0.1, 0.15) is 25.2 Å². The van der Waals surface area contributed by atoms with E-state index in [2.05, 4.69) is 33.4 Å². The molecule has 1 aromatic heterocycles. The predicted molar refractivity (Wildman–Crippen MR) is 102 cm³/mol. The predicted octanol–water partition coefficient (Wildman–Crippen LogP) is 4.96. The molecule has 0 saturated heterocycles. The zero-order valence-electron chi connectivity index (χ0n) is 13.6. The average molecular weight is 410 g/mol. The van der Waals surface area contributed by atoms with E-state index in [1.165, 1.54) is 0 Å². The Labute approximate surface area is 161 Å². The lowest BCUT2D eigenvalue weighted by Crippen LogP contribution is -2.22. The van der Waals surface area contributed by atoms with Crippen molar-refractivity contribution in [2.24, 2.45) is 0 Å². The molecule has 0 saturated carbocycles. The molecule has 1 N–H and O–H groups in total. The Morgan fingerprint density at radius 3 is 2.50 bits per heavy atom. The van der Waals surface area contributed by atoms with Crippen molar-refractivity contribution in [1.29, 1.82) is 0 Å². The van der Waals surface area contributed by atoms with Crippen molar-refractivity contribution in [3.05, 3.63) is 29.6 Å². The fourth-order valence-corrected chi connectivity index (χ4v) is 3.23. The van der Waals surface area contributed by atoms with Gasteiger partial charge in [0, 0.05) is 29.3 Å². The van der Waals surface area contributed by atoms with Gasteiger partial charge in [-0.15, -0.1) is 0 Å². The first kappa shape index (κ1) is 19.5. The van der Waals surface area contributed by atoms with Crippen LogP contribution in [0.25, 0.3) is 0 Å². The topological polar surface area (TPSA) is 50.3 Å². The largest absolute Gasteiger partial charge is 0.496 e. The minimum absolute atomic E-state index is 0.164. The molecule has 9 heteroatoms. The van der Waals surface area contributed by atoms with Crippen LogP contribution in [-0.2, 0) is 10.3 Å². The summed E-state index contributed by atoms with van der Waals surface area (Å²) in [6.07, 6.45) is 0. The number of methoxy groups -OCH3 is 1. The van der Waals surface area contributed by atoms with Gasteiger partial charge in [0.1, 0.15) is 5.75 Å². The maximum absolute atomic E-state index is 5.79. The Bertz CT molecular complexity index is 671. The molecule has 0 aliphatic carbocycles. The molecule has 0 fully saturated rings. The average Bonchev–Trinajstić information content (AvgIpc) is 3.01. The molecular weight excluding hydrogens is 391 g/mol. The number of anilines is 2. The van der Waals surface area contributed by atoms with Crippen LogP contribution in [0.5, 0.6) is 5.75 Å². The Morgan fingerprint density at radius 1 is 1.25 bits per heavy atom. The Balaban J connectivity index is 2.20. The van der Waals surface area contributed by atoms with Crippen LogP contribution < -0.4 is 10.1 Å². The minimum atomic E-state index is -1.62. The highest BCUT2D eigenvalue weighted by Crippen LogP contribution is 2.38. The smallest absolute Gasteiger partial charge is 0.251 e. The van der Waals surface area contributed by atoms with Gasteiger partial charge in [0.25, 0.3) is 3.79 Å². The van der Waals surface area contributed by atoms with Crippen molar-refractivity contribution in [3.63, 3.8) is 0 Å². The third-order valence-electron chi connectivity index (χ3n) is 3.50. The highest BCUT2D eigenvalue weighted by molar-refractivity contribution is 7.09. The lowest BCUT2D eigenvalue weighted by Gasteiger charge is -2.20. The molecule has 2 rings (SSSR count). The van der Waals surface area contributed by atoms with E-state index in [9.17, 15) is 0 Å². The van der Waals surface area contributed by atoms with Crippen LogP contribution >= 0.6 is 46.3 Å². The van der Waals surface area contributed by atoms with Gasteiger partial charge in [-0.05, 0) is 31.3 Å². The molecule has 0 aliphatic rings. The molecule has 132 valence electrons. The highest BCUT2D eigenvalue weighted by atomic mass is 35.6. The van der Waals surface area contributed by atoms with Gasteiger partial charge in [-0.1, -0.05) is 48.7 Å². The van der Waals surface area contributed by atoms with E-state index >= 15 is 0 Å². The van der Waals surface area contributed by atoms with Gasteiger partial charge in [0.15, 0.2) is 5.82 Å². The van der Waals surface area contributed by atoms with Crippen molar-refractivity contribution in [3.8, 4) is 5.75 Å². The van der Waals surface area contributed by atoms with Gasteiger partial charge >= 0.3 is 0 Å². The van der Waals surface area contributed by atoms with Crippen LogP contribution in [0.3, 0.4) is 0 Å². The van der Waals surface area contributed by atoms with E-state index in [1.807, 2.05) is 18.2 Å². The number of halogens is 3. The van der Waals surface area contributed by atoms with Crippen molar-refractivity contribution in [1.82, 2.24) is 14.3 Å². The van der Waals surface area contributed by atoms with E-state index in [1.54, 1.807) is 7.11 Å². The number of nitrogens with zero attached hydrogens (tertiary/aromatic N) is 3. The molecule has 2 aromatic rings. The number of nitrogens with one attached hydrogen (secondary N) is 1. The fourth-order valence-electron chi connectivity index (χ4n) is 2.18. The second-order valence-corrected chi connectivity index (χ2v) is 8.07. The van der Waals surface area contributed by atoms with Gasteiger partial charge in [-0.25, -0.2) is 0 Å². The molecule has 0 aliphatic heterocycles. The molecule has 0 amide bonds. The maximum Gasteiger partial charge on any atom is 0.251 e. The zero-order chi connectivity index (χ0) is 17.7. The summed E-state index contributed by atoms with van der Waals surface area (Å²) in [5.74, 6) is 1.02. The Hall–Kier alpha value is -0.790. The van der Waals surface area contributed by atoms with Crippen LogP contribution in [0.2, 0.25) is 0 Å². The summed E-state index contributed by atoms with van der Waals surface area (Å²) >= 11 is 18.5. The minimum Gasteiger partial charge on any atom is -0.496 e. The standard InChI is InChI=1S/C15H19Cl3N4OS/c1-4-22(5-2)9-10-8-11(6-7-12(10)23-3)19-14-20-13(21-24-14)15(16,17)18/h6-8H,4-5,9H2,1-3H3,(H,19,20,21). The lowest BCUT2D eigenvalue weighted by atomic mass is 10.1. The van der Waals surface area contributed by atoms with Crippen LogP contribution in [-0.4, -0.2) is 34.5 Å². The molecule has 0 unspecified atom stereocenters. The van der Waals surface area contributed by atoms with Crippen molar-refractivity contribution < 1.29 is 4.74 Å². The molecule has 0 atom stereocenters. The summed E-state index contributed by atoms with van der Waals surface area (Å²) in [6.45, 7) is 7.02. The summed E-state index contributed by atoms with van der Waals surface area (Å²) in [7, 11) is 1.67. The maximum atomic E-state index is 5.79. The number of ether oxygens (including phenoxy) is 1. The molecule has 1 heterocycles. The summed E-state index contributed by atoms with van der Waals surface area (Å²) in [5, 5.41) is 3.76. The van der Waals surface area contributed by atoms with E-state index in [0.717, 1.165) is 48.2 Å². The molecule has 0 spiro atoms. The number of benzene rings is 1. The lowest BCUT2D eigenvalue weighted by molar-refractivity contribution is 0.289. The van der Waals surface area contributed by atoms with Gasteiger partial charge in [0.05, 0.1) is 7.11 Å². The first-order valence-electron chi connectivity index (χ1n) is 7.44. The third-order valence-corrected chi connectivity index (χ3v) is 4.64. The first-order valence-corrected chi connectivity index (χ1v) is 9.35. The summed E-state index contributed by atoms with van der Waals surface area (Å²) < 4.78 is 7.89. The number of hydrogen-bond acceptors (Lipinski definition) is 6. The Kier molecular flexibility index (Phi) is 6.95. The second kappa shape index (κ2) is 8.54. The van der Waals surface area contributed by atoms with Crippen LogP contribution in [0, 0.1) is 0 Å². The van der Waals surface area contributed by atoms with Crippen molar-refractivity contribution in [2.45, 2.75) is 24.2 Å². The summed E-state index contributed by atoms with van der Waals surface area (Å²) in [6, 6.07) is 5.88. The van der Waals surface area contributed by atoms with E-state index < -0.39 is 3.79 Å². The molecule has 24 heavy (non-hydrogen) atoms. The van der Waals surface area contributed by atoms with Gasteiger partial charge < -0.3 is 10.1 Å². The zero-order valence-corrected chi connectivity index (χ0v) is 16.7. The van der Waals surface area contributed by atoms with Crippen molar-refractivity contribution in [2.75, 3.05) is 25.5 Å². The van der Waals surface area contributed by atoms with Crippen LogP contribution in [0.4, 0.5) is 10.8 Å². The van der Waals surface area contributed by atoms with Crippen molar-refractivity contribution >= 4 is 57.2 Å². The molecule has 0 radical (unpaired) electrons. The monoisotopic (exact) mass is 408 g/mol. The Morgan fingerprint density at radius 2 is 1.96 bits per heavy atom. The molecule has 0 bridgehead atoms. The fraction of sp³-hybridized carbons (Fsp3) is 0.467. The molecular formula is C15H19Cl3N4OS. The summed E-state index contributed by atoms with van der Waals surface area (Å²) in [4.78, 5) is 6.51. The summed E-state index contributed by atoms with van der Waals surface area (Å²) in [5.41, 5.74) is 1.97. The highest BCUT2D eigenvalue weighted by Gasteiger charge is 2.28. The van der Waals surface area contributed by atoms with Crippen LogP contribution in [0.15, 0.2) is 18.2 Å². The number of hydrogen-bond donors (Lipinski definition) is 1. The molecule has 1 aromatic carbocycles. The van der Waals surface area contributed by atoms with E-state index in [-0.39, 0.29) is 5.82 Å².